The first-order valence-electron chi connectivity index (χ1n) is 10.3. The SMILES string of the molecule is Cc1[nH]c2ccccc2c1C(=O)C1C(C)(C)C1(C)C.Cc1cc2ccccc2[nH]1. The number of aromatic nitrogens is 2. The molecule has 2 N–H and O–H groups in total. The second-order valence-electron chi connectivity index (χ2n) is 9.45. The number of Topliss-reactive ketones (excluding diaryl/α,β-unsaturated/α-hetero) is 1. The van der Waals surface area contributed by atoms with Gasteiger partial charge in [0.2, 0.25) is 0 Å². The van der Waals surface area contributed by atoms with E-state index in [-0.39, 0.29) is 16.7 Å². The zero-order valence-corrected chi connectivity index (χ0v) is 18.2. The molecule has 0 bridgehead atoms. The summed E-state index contributed by atoms with van der Waals surface area (Å²) in [6.07, 6.45) is 0. The molecule has 1 saturated carbocycles. The highest BCUT2D eigenvalue weighted by atomic mass is 16.1. The lowest BCUT2D eigenvalue weighted by atomic mass is 9.99. The third-order valence-corrected chi connectivity index (χ3v) is 7.09. The average Bonchev–Trinajstić information content (AvgIpc) is 3.00. The third-order valence-electron chi connectivity index (χ3n) is 7.09. The van der Waals surface area contributed by atoms with E-state index in [4.69, 9.17) is 0 Å². The normalized spacial score (nSPS) is 17.2. The van der Waals surface area contributed by atoms with Gasteiger partial charge in [0.05, 0.1) is 0 Å². The molecule has 2 heterocycles. The number of nitrogens with one attached hydrogen (secondary N) is 2. The van der Waals surface area contributed by atoms with Crippen LogP contribution in [0.4, 0.5) is 0 Å². The average molecular weight is 387 g/mol. The van der Waals surface area contributed by atoms with Crippen molar-refractivity contribution in [2.24, 2.45) is 16.7 Å². The Bertz CT molecular complexity index is 1160. The Kier molecular flexibility index (Phi) is 4.45. The number of aryl methyl sites for hydroxylation is 2. The first-order chi connectivity index (χ1) is 13.6. The summed E-state index contributed by atoms with van der Waals surface area (Å²) in [6.45, 7) is 12.8. The van der Waals surface area contributed by atoms with Crippen LogP contribution in [-0.4, -0.2) is 15.8 Å². The van der Waals surface area contributed by atoms with Crippen molar-refractivity contribution in [2.45, 2.75) is 41.5 Å². The van der Waals surface area contributed by atoms with Gasteiger partial charge in [0.1, 0.15) is 0 Å². The van der Waals surface area contributed by atoms with Crippen molar-refractivity contribution >= 4 is 27.6 Å². The molecule has 0 spiro atoms. The van der Waals surface area contributed by atoms with Gasteiger partial charge in [0.15, 0.2) is 5.78 Å². The fraction of sp³-hybridized carbons (Fsp3) is 0.346. The Morgan fingerprint density at radius 1 is 0.828 bits per heavy atom. The maximum atomic E-state index is 12.9. The van der Waals surface area contributed by atoms with E-state index < -0.39 is 0 Å². The number of hydrogen-bond acceptors (Lipinski definition) is 1. The highest BCUT2D eigenvalue weighted by molar-refractivity contribution is 6.12. The quantitative estimate of drug-likeness (QED) is 0.365. The summed E-state index contributed by atoms with van der Waals surface area (Å²) in [5.41, 5.74) is 5.56. The van der Waals surface area contributed by atoms with Crippen LogP contribution in [0.2, 0.25) is 0 Å². The van der Waals surface area contributed by atoms with Gasteiger partial charge in [-0.05, 0) is 48.3 Å². The summed E-state index contributed by atoms with van der Waals surface area (Å²) in [5, 5.41) is 2.35. The van der Waals surface area contributed by atoms with E-state index in [1.54, 1.807) is 0 Å². The number of rotatable bonds is 2. The topological polar surface area (TPSA) is 48.6 Å². The fourth-order valence-corrected chi connectivity index (χ4v) is 4.81. The summed E-state index contributed by atoms with van der Waals surface area (Å²) in [4.78, 5) is 19.5. The smallest absolute Gasteiger partial charge is 0.169 e. The molecule has 5 rings (SSSR count). The summed E-state index contributed by atoms with van der Waals surface area (Å²) in [7, 11) is 0. The van der Waals surface area contributed by atoms with Crippen LogP contribution >= 0.6 is 0 Å². The number of carbonyl (C=O) groups excluding carboxylic acids is 1. The number of carbonyl (C=O) groups is 1. The lowest BCUT2D eigenvalue weighted by molar-refractivity contribution is 0.0946. The molecule has 0 saturated heterocycles. The highest BCUT2D eigenvalue weighted by Gasteiger charge is 2.68. The van der Waals surface area contributed by atoms with E-state index in [9.17, 15) is 4.79 Å². The van der Waals surface area contributed by atoms with Gasteiger partial charge in [0.25, 0.3) is 0 Å². The first kappa shape index (κ1) is 19.5. The number of hydrogen-bond donors (Lipinski definition) is 2. The number of fused-ring (bicyclic) bond motifs is 2. The van der Waals surface area contributed by atoms with Crippen molar-refractivity contribution in [3.05, 3.63) is 71.5 Å². The molecule has 0 radical (unpaired) electrons. The lowest BCUT2D eigenvalue weighted by Gasteiger charge is -2.03. The Labute approximate surface area is 172 Å². The molecule has 29 heavy (non-hydrogen) atoms. The Balaban J connectivity index is 0.000000171. The van der Waals surface area contributed by atoms with Gasteiger partial charge in [-0.1, -0.05) is 64.1 Å². The van der Waals surface area contributed by atoms with E-state index in [1.807, 2.05) is 37.3 Å². The lowest BCUT2D eigenvalue weighted by Crippen LogP contribution is -2.08. The maximum absolute atomic E-state index is 12.9. The number of para-hydroxylation sites is 2. The molecule has 4 aromatic rings. The van der Waals surface area contributed by atoms with Crippen LogP contribution in [0.1, 0.15) is 49.4 Å². The van der Waals surface area contributed by atoms with Crippen LogP contribution in [0.15, 0.2) is 54.6 Å². The molecule has 150 valence electrons. The number of benzene rings is 2. The largest absolute Gasteiger partial charge is 0.359 e. The number of aromatic amines is 2. The van der Waals surface area contributed by atoms with Crippen LogP contribution < -0.4 is 0 Å². The number of ketones is 1. The maximum Gasteiger partial charge on any atom is 0.169 e. The van der Waals surface area contributed by atoms with Crippen molar-refractivity contribution < 1.29 is 4.79 Å². The zero-order valence-electron chi connectivity index (χ0n) is 18.2. The molecular formula is C26H30N2O. The second kappa shape index (κ2) is 6.62. The van der Waals surface area contributed by atoms with Gasteiger partial charge in [-0.3, -0.25) is 4.79 Å². The van der Waals surface area contributed by atoms with Crippen molar-refractivity contribution in [3.63, 3.8) is 0 Å². The molecule has 2 aromatic carbocycles. The van der Waals surface area contributed by atoms with Crippen LogP contribution in [0.25, 0.3) is 21.8 Å². The molecular weight excluding hydrogens is 356 g/mol. The molecule has 3 heteroatoms. The molecule has 0 aliphatic heterocycles. The minimum Gasteiger partial charge on any atom is -0.359 e. The predicted octanol–water partition coefficient (Wildman–Crippen LogP) is 6.82. The van der Waals surface area contributed by atoms with Crippen molar-refractivity contribution in [2.75, 3.05) is 0 Å². The molecule has 1 aliphatic carbocycles. The molecule has 0 amide bonds. The van der Waals surface area contributed by atoms with E-state index in [0.717, 1.165) is 22.2 Å². The van der Waals surface area contributed by atoms with Gasteiger partial charge < -0.3 is 9.97 Å². The van der Waals surface area contributed by atoms with Crippen LogP contribution in [0.3, 0.4) is 0 Å². The predicted molar refractivity (Wildman–Crippen MR) is 121 cm³/mol. The summed E-state index contributed by atoms with van der Waals surface area (Å²) in [5.74, 6) is 0.419. The zero-order chi connectivity index (χ0) is 21.0. The van der Waals surface area contributed by atoms with Crippen molar-refractivity contribution in [3.8, 4) is 0 Å². The van der Waals surface area contributed by atoms with E-state index in [1.165, 1.54) is 16.6 Å². The molecule has 2 aromatic heterocycles. The molecule has 1 fully saturated rings. The fourth-order valence-electron chi connectivity index (χ4n) is 4.81. The van der Waals surface area contributed by atoms with E-state index >= 15 is 0 Å². The van der Waals surface area contributed by atoms with Gasteiger partial charge in [-0.15, -0.1) is 0 Å². The van der Waals surface area contributed by atoms with E-state index in [2.05, 4.69) is 68.9 Å². The Morgan fingerprint density at radius 3 is 2.03 bits per heavy atom. The standard InChI is InChI=1S/C17H21NO.C9H9N/c1-10-13(11-8-6-7-9-12(11)18-10)14(19)15-16(2,3)17(15,4)5;1-7-6-8-4-2-3-5-9(8)10-7/h6-9,15,18H,1-5H3;2-6,10H,1H3. The monoisotopic (exact) mass is 386 g/mol. The second-order valence-corrected chi connectivity index (χ2v) is 9.45. The first-order valence-corrected chi connectivity index (χ1v) is 10.3. The highest BCUT2D eigenvalue weighted by Crippen LogP contribution is 2.69. The Hall–Kier alpha value is -2.81. The molecule has 1 aliphatic rings. The van der Waals surface area contributed by atoms with Gasteiger partial charge in [-0.25, -0.2) is 0 Å². The van der Waals surface area contributed by atoms with Gasteiger partial charge >= 0.3 is 0 Å². The molecule has 0 atom stereocenters. The van der Waals surface area contributed by atoms with Gasteiger partial charge in [-0.2, -0.15) is 0 Å². The summed E-state index contributed by atoms with van der Waals surface area (Å²) >= 11 is 0. The van der Waals surface area contributed by atoms with Crippen LogP contribution in [0.5, 0.6) is 0 Å². The summed E-state index contributed by atoms with van der Waals surface area (Å²) in [6, 6.07) is 18.5. The minimum absolute atomic E-state index is 0.0922. The Morgan fingerprint density at radius 2 is 1.41 bits per heavy atom. The van der Waals surface area contributed by atoms with E-state index in [0.29, 0.717) is 5.78 Å². The molecule has 0 unspecified atom stereocenters. The minimum atomic E-state index is 0.0922. The van der Waals surface area contributed by atoms with Crippen molar-refractivity contribution in [1.82, 2.24) is 9.97 Å². The van der Waals surface area contributed by atoms with Gasteiger partial charge in [0, 0.05) is 39.3 Å². The van der Waals surface area contributed by atoms with Crippen LogP contribution in [0, 0.1) is 30.6 Å². The summed E-state index contributed by atoms with van der Waals surface area (Å²) < 4.78 is 0. The number of H-pyrrole nitrogens is 2. The van der Waals surface area contributed by atoms with Crippen molar-refractivity contribution in [1.29, 1.82) is 0 Å². The third kappa shape index (κ3) is 3.09. The van der Waals surface area contributed by atoms with Crippen LogP contribution in [-0.2, 0) is 0 Å². The molecule has 3 nitrogen and oxygen atoms in total.